The van der Waals surface area contributed by atoms with Crippen molar-refractivity contribution in [2.24, 2.45) is 7.05 Å². The number of thioether (sulfide) groups is 1. The van der Waals surface area contributed by atoms with Gasteiger partial charge in [-0.1, -0.05) is 48.2 Å². The number of aryl methyl sites for hydroxylation is 1. The lowest BCUT2D eigenvalue weighted by Gasteiger charge is -2.05. The number of thiophene rings is 1. The van der Waals surface area contributed by atoms with Crippen molar-refractivity contribution in [1.29, 1.82) is 0 Å². The van der Waals surface area contributed by atoms with E-state index < -0.39 is 0 Å². The molecule has 0 fully saturated rings. The summed E-state index contributed by atoms with van der Waals surface area (Å²) in [5, 5.41) is 14.1. The zero-order valence-electron chi connectivity index (χ0n) is 14.0. The van der Waals surface area contributed by atoms with Crippen molar-refractivity contribution in [1.82, 2.24) is 20.1 Å². The van der Waals surface area contributed by atoms with Crippen LogP contribution in [0.3, 0.4) is 0 Å². The summed E-state index contributed by atoms with van der Waals surface area (Å²) in [7, 11) is 1.93. The van der Waals surface area contributed by atoms with Gasteiger partial charge in [0.1, 0.15) is 0 Å². The van der Waals surface area contributed by atoms with Gasteiger partial charge >= 0.3 is 0 Å². The number of hydrogen-bond acceptors (Lipinski definition) is 5. The summed E-state index contributed by atoms with van der Waals surface area (Å²) in [6.07, 6.45) is 1.91. The molecular formula is C18H20N4OS2. The highest BCUT2D eigenvalue weighted by Crippen LogP contribution is 2.25. The third-order valence-electron chi connectivity index (χ3n) is 3.72. The number of benzene rings is 1. The molecular weight excluding hydrogens is 352 g/mol. The van der Waals surface area contributed by atoms with Crippen molar-refractivity contribution < 1.29 is 4.79 Å². The molecule has 0 radical (unpaired) electrons. The molecule has 7 heteroatoms. The van der Waals surface area contributed by atoms with Gasteiger partial charge in [-0.05, 0) is 29.9 Å². The molecule has 0 aliphatic heterocycles. The Hall–Kier alpha value is -2.12. The van der Waals surface area contributed by atoms with E-state index in [4.69, 9.17) is 0 Å². The van der Waals surface area contributed by atoms with E-state index in [2.05, 4.69) is 27.6 Å². The predicted octanol–water partition coefficient (Wildman–Crippen LogP) is 3.38. The lowest BCUT2D eigenvalue weighted by atomic mass is 10.1. The first kappa shape index (κ1) is 17.7. The first-order valence-corrected chi connectivity index (χ1v) is 9.97. The van der Waals surface area contributed by atoms with Crippen molar-refractivity contribution in [3.63, 3.8) is 0 Å². The molecule has 2 heterocycles. The standard InChI is InChI=1S/C18H20N4OS2/c1-22-17(15-10-6-12-24-15)20-21-18(22)25-13-16(23)19-11-5-9-14-7-3-2-4-8-14/h2-4,6-8,10,12H,5,9,11,13H2,1H3,(H,19,23). The molecule has 0 aliphatic rings. The van der Waals surface area contributed by atoms with Gasteiger partial charge in [0.05, 0.1) is 10.6 Å². The van der Waals surface area contributed by atoms with Crippen molar-refractivity contribution in [2.45, 2.75) is 18.0 Å². The maximum Gasteiger partial charge on any atom is 0.230 e. The molecule has 1 amide bonds. The minimum absolute atomic E-state index is 0.0266. The maximum absolute atomic E-state index is 12.0. The Morgan fingerprint density at radius 3 is 2.80 bits per heavy atom. The Morgan fingerprint density at radius 1 is 1.20 bits per heavy atom. The number of amides is 1. The molecule has 1 aromatic carbocycles. The predicted molar refractivity (Wildman–Crippen MR) is 103 cm³/mol. The third-order valence-corrected chi connectivity index (χ3v) is 5.60. The van der Waals surface area contributed by atoms with E-state index in [1.165, 1.54) is 17.3 Å². The first-order chi connectivity index (χ1) is 12.2. The normalized spacial score (nSPS) is 10.8. The summed E-state index contributed by atoms with van der Waals surface area (Å²) < 4.78 is 1.93. The molecule has 0 spiro atoms. The number of carbonyl (C=O) groups is 1. The molecule has 3 rings (SSSR count). The van der Waals surface area contributed by atoms with E-state index >= 15 is 0 Å². The van der Waals surface area contributed by atoms with Crippen molar-refractivity contribution in [2.75, 3.05) is 12.3 Å². The quantitative estimate of drug-likeness (QED) is 0.486. The topological polar surface area (TPSA) is 59.8 Å². The van der Waals surface area contributed by atoms with Gasteiger partial charge in [-0.15, -0.1) is 21.5 Å². The number of aromatic nitrogens is 3. The first-order valence-electron chi connectivity index (χ1n) is 8.11. The fourth-order valence-corrected chi connectivity index (χ4v) is 3.89. The lowest BCUT2D eigenvalue weighted by molar-refractivity contribution is -0.118. The molecule has 0 saturated carbocycles. The number of carbonyl (C=O) groups excluding carboxylic acids is 1. The summed E-state index contributed by atoms with van der Waals surface area (Å²) in [6.45, 7) is 0.688. The molecule has 0 unspecified atom stereocenters. The number of rotatable bonds is 8. The van der Waals surface area contributed by atoms with Gasteiger partial charge in [0.2, 0.25) is 5.91 Å². The number of nitrogens with one attached hydrogen (secondary N) is 1. The molecule has 5 nitrogen and oxygen atoms in total. The van der Waals surface area contributed by atoms with Crippen LogP contribution in [-0.2, 0) is 18.3 Å². The van der Waals surface area contributed by atoms with Crippen LogP contribution in [0.15, 0.2) is 53.0 Å². The second-order valence-electron chi connectivity index (χ2n) is 5.57. The summed E-state index contributed by atoms with van der Waals surface area (Å²) >= 11 is 3.04. The molecule has 0 aliphatic carbocycles. The minimum atomic E-state index is 0.0266. The molecule has 1 N–H and O–H groups in total. The molecule has 2 aromatic heterocycles. The minimum Gasteiger partial charge on any atom is -0.355 e. The van der Waals surface area contributed by atoms with Crippen LogP contribution in [0.5, 0.6) is 0 Å². The molecule has 3 aromatic rings. The highest BCUT2D eigenvalue weighted by Gasteiger charge is 2.13. The van der Waals surface area contributed by atoms with Gasteiger partial charge in [-0.2, -0.15) is 0 Å². The van der Waals surface area contributed by atoms with Crippen molar-refractivity contribution in [3.05, 3.63) is 53.4 Å². The number of hydrogen-bond donors (Lipinski definition) is 1. The van der Waals surface area contributed by atoms with Crippen molar-refractivity contribution >= 4 is 29.0 Å². The number of nitrogens with zero attached hydrogens (tertiary/aromatic N) is 3. The van der Waals surface area contributed by atoms with E-state index in [9.17, 15) is 4.79 Å². The zero-order chi connectivity index (χ0) is 17.5. The molecule has 130 valence electrons. The fourth-order valence-electron chi connectivity index (χ4n) is 2.41. The summed E-state index contributed by atoms with van der Waals surface area (Å²) in [4.78, 5) is 13.1. The van der Waals surface area contributed by atoms with Crippen LogP contribution >= 0.6 is 23.1 Å². The second kappa shape index (κ2) is 8.82. The largest absolute Gasteiger partial charge is 0.355 e. The highest BCUT2D eigenvalue weighted by molar-refractivity contribution is 7.99. The third kappa shape index (κ3) is 4.93. The van der Waals surface area contributed by atoms with E-state index in [0.717, 1.165) is 28.7 Å². The fraction of sp³-hybridized carbons (Fsp3) is 0.278. The van der Waals surface area contributed by atoms with E-state index in [-0.39, 0.29) is 5.91 Å². The Labute approximate surface area is 155 Å². The summed E-state index contributed by atoms with van der Waals surface area (Å²) in [6, 6.07) is 14.3. The summed E-state index contributed by atoms with van der Waals surface area (Å²) in [5.74, 6) is 1.21. The van der Waals surface area contributed by atoms with E-state index in [1.54, 1.807) is 11.3 Å². The summed E-state index contributed by atoms with van der Waals surface area (Å²) in [5.41, 5.74) is 1.30. The Morgan fingerprint density at radius 2 is 2.04 bits per heavy atom. The van der Waals surface area contributed by atoms with Crippen LogP contribution in [-0.4, -0.2) is 33.0 Å². The van der Waals surface area contributed by atoms with Crippen LogP contribution < -0.4 is 5.32 Å². The molecule has 0 saturated heterocycles. The second-order valence-corrected chi connectivity index (χ2v) is 7.46. The van der Waals surface area contributed by atoms with Crippen LogP contribution in [0.2, 0.25) is 0 Å². The van der Waals surface area contributed by atoms with E-state index in [0.29, 0.717) is 12.3 Å². The molecule has 25 heavy (non-hydrogen) atoms. The van der Waals surface area contributed by atoms with Crippen LogP contribution in [0.25, 0.3) is 10.7 Å². The van der Waals surface area contributed by atoms with Gasteiger partial charge in [0, 0.05) is 13.6 Å². The SMILES string of the molecule is Cn1c(SCC(=O)NCCCc2ccccc2)nnc1-c1cccs1. The molecule has 0 atom stereocenters. The van der Waals surface area contributed by atoms with Gasteiger partial charge in [-0.25, -0.2) is 0 Å². The van der Waals surface area contributed by atoms with Crippen LogP contribution in [0.1, 0.15) is 12.0 Å². The molecule has 0 bridgehead atoms. The van der Waals surface area contributed by atoms with Crippen LogP contribution in [0.4, 0.5) is 0 Å². The van der Waals surface area contributed by atoms with Gasteiger partial charge in [0.25, 0.3) is 0 Å². The van der Waals surface area contributed by atoms with E-state index in [1.807, 2.05) is 47.3 Å². The highest BCUT2D eigenvalue weighted by atomic mass is 32.2. The average molecular weight is 373 g/mol. The maximum atomic E-state index is 12.0. The van der Waals surface area contributed by atoms with Gasteiger partial charge in [0.15, 0.2) is 11.0 Å². The Bertz CT molecular complexity index is 800. The zero-order valence-corrected chi connectivity index (χ0v) is 15.6. The average Bonchev–Trinajstić information content (AvgIpc) is 3.27. The van der Waals surface area contributed by atoms with Crippen LogP contribution in [0, 0.1) is 0 Å². The Kier molecular flexibility index (Phi) is 6.25. The van der Waals surface area contributed by atoms with Crippen molar-refractivity contribution in [3.8, 4) is 10.7 Å². The van der Waals surface area contributed by atoms with Gasteiger partial charge in [-0.3, -0.25) is 4.79 Å². The lowest BCUT2D eigenvalue weighted by Crippen LogP contribution is -2.26. The van der Waals surface area contributed by atoms with Gasteiger partial charge < -0.3 is 9.88 Å². The Balaban J connectivity index is 1.41. The monoisotopic (exact) mass is 372 g/mol. The smallest absolute Gasteiger partial charge is 0.230 e.